The monoisotopic (exact) mass is 480 g/mol. The zero-order valence-corrected chi connectivity index (χ0v) is 22.7. The van der Waals surface area contributed by atoms with Crippen LogP contribution in [0.5, 0.6) is 0 Å². The molecule has 0 aromatic heterocycles. The largest absolute Gasteiger partial charge is 0.461 e. The predicted molar refractivity (Wildman–Crippen MR) is 140 cm³/mol. The number of carbonyl (C=O) groups excluding carboxylic acids is 3. The zero-order valence-electron chi connectivity index (χ0n) is 22.7. The lowest BCUT2D eigenvalue weighted by Gasteiger charge is -2.06. The van der Waals surface area contributed by atoms with Gasteiger partial charge in [0.2, 0.25) is 0 Å². The van der Waals surface area contributed by atoms with Crippen molar-refractivity contribution in [3.05, 3.63) is 48.6 Å². The van der Waals surface area contributed by atoms with Crippen LogP contribution in [0.15, 0.2) is 48.6 Å². The number of ether oxygens (including phenoxy) is 2. The molecular formula is C28H48O6. The summed E-state index contributed by atoms with van der Waals surface area (Å²) in [5.74, 6) is -1.57. The molecule has 0 aromatic carbocycles. The maximum absolute atomic E-state index is 11.1. The van der Waals surface area contributed by atoms with Crippen molar-refractivity contribution in [1.82, 2.24) is 0 Å². The maximum Gasteiger partial charge on any atom is 0.316 e. The van der Waals surface area contributed by atoms with Crippen molar-refractivity contribution < 1.29 is 29.0 Å². The molecule has 34 heavy (non-hydrogen) atoms. The average molecular weight is 481 g/mol. The van der Waals surface area contributed by atoms with Crippen LogP contribution in [0.25, 0.3) is 0 Å². The normalized spacial score (nSPS) is 11.2. The fraction of sp³-hybridized carbons (Fsp3) is 0.607. The molecule has 0 aliphatic heterocycles. The number of hydrogen-bond donors (Lipinski definition) is 1. The quantitative estimate of drug-likeness (QED) is 0.151. The van der Waals surface area contributed by atoms with Gasteiger partial charge in [0.25, 0.3) is 0 Å². The first-order chi connectivity index (χ1) is 15.8. The SMILES string of the molecule is C=CCCC=C(C)CO.C=CCCC=C(C)COC(=O)C(C)C.CC(C)C(=O)OC(=O)C(C)C. The lowest BCUT2D eigenvalue weighted by Crippen LogP contribution is -2.20. The Labute approximate surface area is 207 Å². The number of hydrogen-bond acceptors (Lipinski definition) is 6. The van der Waals surface area contributed by atoms with Crippen molar-refractivity contribution in [2.75, 3.05) is 13.2 Å². The van der Waals surface area contributed by atoms with E-state index in [0.29, 0.717) is 6.61 Å². The topological polar surface area (TPSA) is 89.9 Å². The van der Waals surface area contributed by atoms with Gasteiger partial charge in [-0.3, -0.25) is 14.4 Å². The van der Waals surface area contributed by atoms with Gasteiger partial charge in [-0.15, -0.1) is 13.2 Å². The van der Waals surface area contributed by atoms with Gasteiger partial charge in [-0.1, -0.05) is 71.4 Å². The molecule has 6 heteroatoms. The van der Waals surface area contributed by atoms with Gasteiger partial charge in [0, 0.05) is 0 Å². The van der Waals surface area contributed by atoms with E-state index < -0.39 is 11.9 Å². The Balaban J connectivity index is -0.000000435. The Morgan fingerprint density at radius 1 is 0.706 bits per heavy atom. The predicted octanol–water partition coefficient (Wildman–Crippen LogP) is 6.36. The Morgan fingerprint density at radius 2 is 1.09 bits per heavy atom. The first-order valence-corrected chi connectivity index (χ1v) is 11.9. The Morgan fingerprint density at radius 3 is 1.41 bits per heavy atom. The fourth-order valence-corrected chi connectivity index (χ4v) is 1.71. The van der Waals surface area contributed by atoms with E-state index in [1.54, 1.807) is 27.7 Å². The second-order valence-corrected chi connectivity index (χ2v) is 8.80. The minimum Gasteiger partial charge on any atom is -0.461 e. The van der Waals surface area contributed by atoms with Crippen molar-refractivity contribution in [3.8, 4) is 0 Å². The summed E-state index contributed by atoms with van der Waals surface area (Å²) in [6.07, 6.45) is 11.8. The lowest BCUT2D eigenvalue weighted by atomic mass is 10.2. The highest BCUT2D eigenvalue weighted by Crippen LogP contribution is 2.03. The third-order valence-electron chi connectivity index (χ3n) is 4.03. The molecular weight excluding hydrogens is 432 g/mol. The van der Waals surface area contributed by atoms with Crippen molar-refractivity contribution in [3.63, 3.8) is 0 Å². The van der Waals surface area contributed by atoms with E-state index in [2.05, 4.69) is 24.0 Å². The minimum atomic E-state index is -0.455. The molecule has 0 heterocycles. The van der Waals surface area contributed by atoms with Crippen LogP contribution < -0.4 is 0 Å². The fourth-order valence-electron chi connectivity index (χ4n) is 1.71. The highest BCUT2D eigenvalue weighted by molar-refractivity contribution is 5.87. The highest BCUT2D eigenvalue weighted by atomic mass is 16.6. The molecule has 0 radical (unpaired) electrons. The summed E-state index contributed by atoms with van der Waals surface area (Å²) >= 11 is 0. The Hall–Kier alpha value is -2.47. The van der Waals surface area contributed by atoms with E-state index >= 15 is 0 Å². The van der Waals surface area contributed by atoms with Gasteiger partial charge in [0.1, 0.15) is 6.61 Å². The van der Waals surface area contributed by atoms with E-state index in [4.69, 9.17) is 9.84 Å². The van der Waals surface area contributed by atoms with Gasteiger partial charge in [0.05, 0.1) is 24.4 Å². The van der Waals surface area contributed by atoms with Crippen LogP contribution in [-0.4, -0.2) is 36.2 Å². The molecule has 0 unspecified atom stereocenters. The molecule has 0 rings (SSSR count). The van der Waals surface area contributed by atoms with E-state index in [9.17, 15) is 14.4 Å². The molecule has 0 aliphatic carbocycles. The van der Waals surface area contributed by atoms with Crippen LogP contribution in [-0.2, 0) is 23.9 Å². The molecule has 0 fully saturated rings. The summed E-state index contributed by atoms with van der Waals surface area (Å²) < 4.78 is 9.56. The van der Waals surface area contributed by atoms with Crippen LogP contribution in [0.3, 0.4) is 0 Å². The van der Waals surface area contributed by atoms with Gasteiger partial charge >= 0.3 is 17.9 Å². The van der Waals surface area contributed by atoms with E-state index in [0.717, 1.165) is 36.8 Å². The van der Waals surface area contributed by atoms with Crippen LogP contribution >= 0.6 is 0 Å². The molecule has 0 spiro atoms. The highest BCUT2D eigenvalue weighted by Gasteiger charge is 2.16. The lowest BCUT2D eigenvalue weighted by molar-refractivity contribution is -0.164. The molecule has 6 nitrogen and oxygen atoms in total. The summed E-state index contributed by atoms with van der Waals surface area (Å²) in [6, 6.07) is 0. The molecule has 1 N–H and O–H groups in total. The summed E-state index contributed by atoms with van der Waals surface area (Å²) in [5, 5.41) is 8.54. The van der Waals surface area contributed by atoms with Gasteiger partial charge in [-0.25, -0.2) is 0 Å². The third-order valence-corrected chi connectivity index (χ3v) is 4.03. The summed E-state index contributed by atoms with van der Waals surface area (Å²) in [5.41, 5.74) is 2.14. The first-order valence-electron chi connectivity index (χ1n) is 11.9. The number of aliphatic hydroxyl groups is 1. The molecule has 0 aliphatic rings. The van der Waals surface area contributed by atoms with Crippen molar-refractivity contribution in [2.24, 2.45) is 17.8 Å². The number of esters is 3. The second-order valence-electron chi connectivity index (χ2n) is 8.80. The Kier molecular flexibility index (Phi) is 25.1. The second kappa shape index (κ2) is 23.7. The van der Waals surface area contributed by atoms with Crippen molar-refractivity contribution in [1.29, 1.82) is 0 Å². The van der Waals surface area contributed by atoms with Crippen molar-refractivity contribution >= 4 is 17.9 Å². The number of aliphatic hydroxyl groups excluding tert-OH is 1. The number of carbonyl (C=O) groups is 3. The minimum absolute atomic E-state index is 0.0454. The van der Waals surface area contributed by atoms with Crippen molar-refractivity contribution in [2.45, 2.75) is 81.1 Å². The Bertz CT molecular complexity index is 636. The zero-order chi connectivity index (χ0) is 27.1. The molecule has 196 valence electrons. The van der Waals surface area contributed by atoms with Gasteiger partial charge in [-0.2, -0.15) is 0 Å². The maximum atomic E-state index is 11.1. The van der Waals surface area contributed by atoms with Crippen LogP contribution in [0, 0.1) is 17.8 Å². The average Bonchev–Trinajstić information content (AvgIpc) is 2.78. The van der Waals surface area contributed by atoms with E-state index in [-0.39, 0.29) is 30.3 Å². The smallest absolute Gasteiger partial charge is 0.316 e. The van der Waals surface area contributed by atoms with E-state index in [1.165, 1.54) is 0 Å². The molecule has 0 saturated heterocycles. The summed E-state index contributed by atoms with van der Waals surface area (Å²) in [4.78, 5) is 32.7. The molecule has 0 atom stereocenters. The molecule has 0 saturated carbocycles. The molecule has 0 aromatic rings. The van der Waals surface area contributed by atoms with Gasteiger partial charge in [0.15, 0.2) is 0 Å². The van der Waals surface area contributed by atoms with Crippen LogP contribution in [0.4, 0.5) is 0 Å². The summed E-state index contributed by atoms with van der Waals surface area (Å²) in [6.45, 7) is 22.1. The third kappa shape index (κ3) is 25.8. The van der Waals surface area contributed by atoms with Gasteiger partial charge in [-0.05, 0) is 45.1 Å². The van der Waals surface area contributed by atoms with Crippen LogP contribution in [0.1, 0.15) is 81.1 Å². The molecule has 0 amide bonds. The number of rotatable bonds is 12. The first kappa shape index (κ1) is 36.1. The summed E-state index contributed by atoms with van der Waals surface area (Å²) in [7, 11) is 0. The van der Waals surface area contributed by atoms with Gasteiger partial charge < -0.3 is 14.6 Å². The van der Waals surface area contributed by atoms with Crippen LogP contribution in [0.2, 0.25) is 0 Å². The number of unbranched alkanes of at least 4 members (excludes halogenated alkanes) is 2. The standard InChI is InChI=1S/C12H20O2.C8H14O3.C8H14O/c1-5-6-7-8-11(4)9-14-12(13)10(2)3;1-5(2)7(9)11-8(10)6(3)4;1-3-4-5-6-8(2)7-9/h5,8,10H,1,6-7,9H2,2-4H3;5-6H,1-4H3;3,6,9H,1,4-5,7H2,2H3. The van der Waals surface area contributed by atoms with E-state index in [1.807, 2.05) is 45.9 Å². The molecule has 0 bridgehead atoms. The number of allylic oxidation sites excluding steroid dienone is 4.